The van der Waals surface area contributed by atoms with Crippen LogP contribution in [-0.2, 0) is 0 Å². The minimum atomic E-state index is -2.89. The number of ether oxygens (including phenoxy) is 2. The molecule has 1 aliphatic heterocycles. The van der Waals surface area contributed by atoms with Gasteiger partial charge in [0.1, 0.15) is 0 Å². The molecule has 1 aromatic carbocycles. The van der Waals surface area contributed by atoms with Gasteiger partial charge in [-0.05, 0) is 42.8 Å². The molecule has 0 aromatic heterocycles. The fourth-order valence-corrected chi connectivity index (χ4v) is 2.83. The Hall–Kier alpha value is -1.96. The lowest BCUT2D eigenvalue weighted by Gasteiger charge is -2.17. The van der Waals surface area contributed by atoms with E-state index in [2.05, 4.69) is 25.4 Å². The first-order chi connectivity index (χ1) is 12.1. The topological polar surface area (TPSA) is 91.3 Å². The van der Waals surface area contributed by atoms with Crippen LogP contribution in [0.4, 0.5) is 14.5 Å². The number of hydrogen-bond acceptors (Lipinski definition) is 5. The van der Waals surface area contributed by atoms with Crippen LogP contribution in [0, 0.1) is 5.92 Å². The molecule has 10 heteroatoms. The zero-order valence-corrected chi connectivity index (χ0v) is 14.9. The summed E-state index contributed by atoms with van der Waals surface area (Å²) in [6.07, 6.45) is 3.04. The molecule has 0 unspecified atom stereocenters. The molecule has 0 spiro atoms. The van der Waals surface area contributed by atoms with Crippen LogP contribution in [0.15, 0.2) is 23.3 Å². The van der Waals surface area contributed by atoms with E-state index in [-0.39, 0.29) is 30.2 Å². The van der Waals surface area contributed by atoms with E-state index in [0.29, 0.717) is 24.8 Å². The smallest absolute Gasteiger partial charge is 0.387 e. The molecule has 2 fully saturated rings. The molecule has 26 heavy (non-hydrogen) atoms. The first-order valence-corrected chi connectivity index (χ1v) is 8.36. The molecular weight excluding hydrogens is 368 g/mol. The van der Waals surface area contributed by atoms with Crippen molar-refractivity contribution in [3.63, 3.8) is 0 Å². The van der Waals surface area contributed by atoms with Crippen molar-refractivity contribution < 1.29 is 18.3 Å². The molecule has 7 nitrogen and oxygen atoms in total. The molecule has 1 heterocycles. The Morgan fingerprint density at radius 3 is 2.85 bits per heavy atom. The first-order valence-electron chi connectivity index (χ1n) is 8.36. The number of nitrogens with zero attached hydrogens (tertiary/aromatic N) is 3. The summed E-state index contributed by atoms with van der Waals surface area (Å²) in [5, 5.41) is 10.2. The summed E-state index contributed by atoms with van der Waals surface area (Å²) in [6.45, 7) is -1.23. The van der Waals surface area contributed by atoms with E-state index in [9.17, 15) is 8.78 Å². The zero-order chi connectivity index (χ0) is 17.6. The van der Waals surface area contributed by atoms with Gasteiger partial charge in [-0.2, -0.15) is 8.78 Å². The Bertz CT molecular complexity index is 641. The SMILES string of the molecule is Cl.[N-]=[N+]=NC[C@H]1C[C@H](Nc2ccc(OC(F)F)c(OCC3CC3)c2)CN1. The van der Waals surface area contributed by atoms with Crippen molar-refractivity contribution in [1.29, 1.82) is 0 Å². The second kappa shape index (κ2) is 9.66. The predicted molar refractivity (Wildman–Crippen MR) is 96.4 cm³/mol. The third-order valence-corrected chi connectivity index (χ3v) is 4.29. The average Bonchev–Trinajstić information content (AvgIpc) is 3.31. The van der Waals surface area contributed by atoms with Crippen molar-refractivity contribution in [2.75, 3.05) is 25.0 Å². The first kappa shape index (κ1) is 20.4. The minimum absolute atomic E-state index is 0. The van der Waals surface area contributed by atoms with Crippen LogP contribution >= 0.6 is 12.4 Å². The van der Waals surface area contributed by atoms with Gasteiger partial charge >= 0.3 is 6.61 Å². The molecule has 144 valence electrons. The minimum Gasteiger partial charge on any atom is -0.489 e. The van der Waals surface area contributed by atoms with Crippen molar-refractivity contribution in [2.24, 2.45) is 11.0 Å². The van der Waals surface area contributed by atoms with E-state index >= 15 is 0 Å². The molecule has 2 N–H and O–H groups in total. The van der Waals surface area contributed by atoms with Crippen LogP contribution in [0.3, 0.4) is 0 Å². The molecule has 0 amide bonds. The Labute approximate surface area is 156 Å². The number of nitrogens with one attached hydrogen (secondary N) is 2. The molecule has 0 radical (unpaired) electrons. The highest BCUT2D eigenvalue weighted by Crippen LogP contribution is 2.35. The van der Waals surface area contributed by atoms with Crippen molar-refractivity contribution in [3.8, 4) is 11.5 Å². The van der Waals surface area contributed by atoms with Crippen LogP contribution in [0.5, 0.6) is 11.5 Å². The zero-order valence-electron chi connectivity index (χ0n) is 14.1. The fourth-order valence-electron chi connectivity index (χ4n) is 2.83. The van der Waals surface area contributed by atoms with Gasteiger partial charge in [-0.1, -0.05) is 5.11 Å². The summed E-state index contributed by atoms with van der Waals surface area (Å²) < 4.78 is 35.3. The highest BCUT2D eigenvalue weighted by Gasteiger charge is 2.25. The number of benzene rings is 1. The van der Waals surface area contributed by atoms with E-state index in [0.717, 1.165) is 31.5 Å². The van der Waals surface area contributed by atoms with Gasteiger partial charge in [0.2, 0.25) is 0 Å². The largest absolute Gasteiger partial charge is 0.489 e. The maximum Gasteiger partial charge on any atom is 0.387 e. The van der Waals surface area contributed by atoms with Crippen molar-refractivity contribution in [1.82, 2.24) is 5.32 Å². The molecule has 1 aromatic rings. The molecule has 2 atom stereocenters. The van der Waals surface area contributed by atoms with Crippen LogP contribution in [0.1, 0.15) is 19.3 Å². The number of hydrogen-bond donors (Lipinski definition) is 2. The van der Waals surface area contributed by atoms with Gasteiger partial charge < -0.3 is 20.1 Å². The maximum atomic E-state index is 12.5. The third-order valence-electron chi connectivity index (χ3n) is 4.29. The number of rotatable bonds is 9. The number of azide groups is 1. The Balaban J connectivity index is 0.00000243. The molecule has 3 rings (SSSR count). The summed E-state index contributed by atoms with van der Waals surface area (Å²) in [6, 6.07) is 5.19. The van der Waals surface area contributed by atoms with Crippen LogP contribution < -0.4 is 20.1 Å². The van der Waals surface area contributed by atoms with Gasteiger partial charge in [-0.3, -0.25) is 0 Å². The lowest BCUT2D eigenvalue weighted by Crippen LogP contribution is -2.24. The van der Waals surface area contributed by atoms with E-state index < -0.39 is 6.61 Å². The van der Waals surface area contributed by atoms with Gasteiger partial charge in [-0.15, -0.1) is 12.4 Å². The van der Waals surface area contributed by atoms with E-state index in [1.807, 2.05) is 0 Å². The Morgan fingerprint density at radius 1 is 1.35 bits per heavy atom. The van der Waals surface area contributed by atoms with E-state index in [1.54, 1.807) is 12.1 Å². The Kier molecular flexibility index (Phi) is 7.56. The quantitative estimate of drug-likeness (QED) is 0.380. The number of halogens is 3. The third kappa shape index (κ3) is 6.09. The monoisotopic (exact) mass is 389 g/mol. The standard InChI is InChI=1S/C16H21F2N5O2.ClH/c17-16(18)25-14-4-3-11(6-15(14)24-9-10-1-2-10)22-13-5-12(20-7-13)8-21-23-19;/h3-4,6,10,12-13,16,20,22H,1-2,5,7-9H2;1H/t12-,13+;/m1./s1. The van der Waals surface area contributed by atoms with E-state index in [1.165, 1.54) is 6.07 Å². The van der Waals surface area contributed by atoms with Crippen LogP contribution in [0.2, 0.25) is 0 Å². The maximum absolute atomic E-state index is 12.5. The van der Waals surface area contributed by atoms with Gasteiger partial charge in [-0.25, -0.2) is 0 Å². The highest BCUT2D eigenvalue weighted by atomic mass is 35.5. The molecule has 1 saturated carbocycles. The lowest BCUT2D eigenvalue weighted by molar-refractivity contribution is -0.0515. The van der Waals surface area contributed by atoms with E-state index in [4.69, 9.17) is 10.3 Å². The van der Waals surface area contributed by atoms with Gasteiger partial charge in [0.05, 0.1) is 6.61 Å². The van der Waals surface area contributed by atoms with Crippen molar-refractivity contribution >= 4 is 18.1 Å². The second-order valence-electron chi connectivity index (χ2n) is 6.39. The molecule has 0 bridgehead atoms. The summed E-state index contributed by atoms with van der Waals surface area (Å²) in [5.74, 6) is 0.886. The van der Waals surface area contributed by atoms with Gasteiger partial charge in [0, 0.05) is 41.8 Å². The summed E-state index contributed by atoms with van der Waals surface area (Å²) >= 11 is 0. The van der Waals surface area contributed by atoms with Gasteiger partial charge in [0.25, 0.3) is 0 Å². The van der Waals surface area contributed by atoms with Crippen molar-refractivity contribution in [3.05, 3.63) is 28.6 Å². The van der Waals surface area contributed by atoms with Gasteiger partial charge in [0.15, 0.2) is 11.5 Å². The normalized spacial score (nSPS) is 21.7. The Morgan fingerprint density at radius 2 is 2.15 bits per heavy atom. The molecule has 1 aliphatic carbocycles. The number of anilines is 1. The molecule has 2 aliphatic rings. The summed E-state index contributed by atoms with van der Waals surface area (Å²) in [7, 11) is 0. The molecule has 1 saturated heterocycles. The fraction of sp³-hybridized carbons (Fsp3) is 0.625. The van der Waals surface area contributed by atoms with Crippen LogP contribution in [-0.4, -0.2) is 38.4 Å². The average molecular weight is 390 g/mol. The predicted octanol–water partition coefficient (Wildman–Crippen LogP) is 3.95. The lowest BCUT2D eigenvalue weighted by atomic mass is 10.1. The van der Waals surface area contributed by atoms with Crippen LogP contribution in [0.25, 0.3) is 10.4 Å². The summed E-state index contributed by atoms with van der Waals surface area (Å²) in [5.41, 5.74) is 9.16. The highest BCUT2D eigenvalue weighted by molar-refractivity contribution is 5.85. The summed E-state index contributed by atoms with van der Waals surface area (Å²) in [4.78, 5) is 2.77. The number of alkyl halides is 2. The van der Waals surface area contributed by atoms with Crippen molar-refractivity contribution in [2.45, 2.75) is 38.0 Å². The molecular formula is C16H22ClF2N5O2. The second-order valence-corrected chi connectivity index (χ2v) is 6.39.